The Hall–Kier alpha value is -0.420. The molecule has 0 radical (unpaired) electrons. The van der Waals surface area contributed by atoms with Gasteiger partial charge in [-0.05, 0) is 0 Å². The zero-order valence-electron chi connectivity index (χ0n) is 6.77. The number of rotatable bonds is 1. The van der Waals surface area contributed by atoms with Crippen LogP contribution in [0.4, 0.5) is 0 Å². The maximum absolute atomic E-state index is 9.46. The molecule has 0 spiro atoms. The zero-order chi connectivity index (χ0) is 8.77. The number of ether oxygens (including phenoxy) is 2. The van der Waals surface area contributed by atoms with E-state index in [1.165, 1.54) is 0 Å². The summed E-state index contributed by atoms with van der Waals surface area (Å²) >= 11 is 0. The molecule has 0 saturated carbocycles. The molecule has 2 heterocycles. The molecule has 0 aromatic heterocycles. The lowest BCUT2D eigenvalue weighted by Crippen LogP contribution is -2.49. The van der Waals surface area contributed by atoms with E-state index in [9.17, 15) is 5.11 Å². The van der Waals surface area contributed by atoms with Crippen LogP contribution in [-0.4, -0.2) is 42.2 Å². The molecule has 2 saturated heterocycles. The van der Waals surface area contributed by atoms with E-state index in [1.807, 2.05) is 0 Å². The molecule has 3 N–H and O–H groups in total. The summed E-state index contributed by atoms with van der Waals surface area (Å²) in [6.07, 6.45) is 0.743. The van der Waals surface area contributed by atoms with Crippen LogP contribution in [0.1, 0.15) is 0 Å². The van der Waals surface area contributed by atoms with Gasteiger partial charge in [-0.2, -0.15) is 0 Å². The standard InChI is InChI=1S/C8H13NO3/c1-2-8-6(9)4-11-7(8)5(10)3-12-8/h2,5-7,10H,1,3-4,9H2. The molecule has 4 unspecified atom stereocenters. The van der Waals surface area contributed by atoms with Crippen molar-refractivity contribution < 1.29 is 14.6 Å². The SMILES string of the molecule is C=CC12OCC(O)C1OCC2N. The van der Waals surface area contributed by atoms with E-state index in [0.717, 1.165) is 0 Å². The molecule has 0 aliphatic carbocycles. The smallest absolute Gasteiger partial charge is 0.132 e. The first kappa shape index (κ1) is 8.19. The van der Waals surface area contributed by atoms with E-state index in [-0.39, 0.29) is 18.8 Å². The van der Waals surface area contributed by atoms with Crippen molar-refractivity contribution in [3.63, 3.8) is 0 Å². The monoisotopic (exact) mass is 171 g/mol. The van der Waals surface area contributed by atoms with Gasteiger partial charge in [-0.3, -0.25) is 0 Å². The summed E-state index contributed by atoms with van der Waals surface area (Å²) in [4.78, 5) is 0. The van der Waals surface area contributed by atoms with Crippen molar-refractivity contribution >= 4 is 0 Å². The van der Waals surface area contributed by atoms with Crippen molar-refractivity contribution in [3.05, 3.63) is 12.7 Å². The van der Waals surface area contributed by atoms with Crippen molar-refractivity contribution in [1.82, 2.24) is 0 Å². The van der Waals surface area contributed by atoms with E-state index in [0.29, 0.717) is 6.61 Å². The molecule has 12 heavy (non-hydrogen) atoms. The van der Waals surface area contributed by atoms with Crippen LogP contribution in [0.25, 0.3) is 0 Å². The van der Waals surface area contributed by atoms with E-state index < -0.39 is 11.7 Å². The molecule has 2 fully saturated rings. The molecule has 0 bridgehead atoms. The third-order valence-electron chi connectivity index (χ3n) is 2.65. The van der Waals surface area contributed by atoms with Gasteiger partial charge in [0.2, 0.25) is 0 Å². The van der Waals surface area contributed by atoms with Gasteiger partial charge in [0.05, 0.1) is 19.3 Å². The minimum Gasteiger partial charge on any atom is -0.388 e. The lowest BCUT2D eigenvalue weighted by atomic mass is 9.91. The van der Waals surface area contributed by atoms with E-state index in [2.05, 4.69) is 6.58 Å². The average molecular weight is 171 g/mol. The summed E-state index contributed by atoms with van der Waals surface area (Å²) in [6, 6.07) is -0.211. The molecule has 2 aliphatic rings. The Morgan fingerprint density at radius 3 is 2.92 bits per heavy atom. The molecule has 4 atom stereocenters. The fourth-order valence-electron chi connectivity index (χ4n) is 1.92. The van der Waals surface area contributed by atoms with Crippen LogP contribution in [-0.2, 0) is 9.47 Å². The first-order valence-corrected chi connectivity index (χ1v) is 4.03. The predicted molar refractivity (Wildman–Crippen MR) is 42.6 cm³/mol. The normalized spacial score (nSPS) is 52.3. The summed E-state index contributed by atoms with van der Waals surface area (Å²) in [5.41, 5.74) is 5.14. The molecule has 68 valence electrons. The largest absolute Gasteiger partial charge is 0.388 e. The highest BCUT2D eigenvalue weighted by Crippen LogP contribution is 2.37. The second-order valence-electron chi connectivity index (χ2n) is 3.30. The molecule has 0 aromatic carbocycles. The zero-order valence-corrected chi connectivity index (χ0v) is 6.77. The van der Waals surface area contributed by atoms with Gasteiger partial charge in [0.1, 0.15) is 17.8 Å². The number of aliphatic hydroxyl groups excluding tert-OH is 1. The maximum atomic E-state index is 9.46. The molecular formula is C8H13NO3. The Morgan fingerprint density at radius 1 is 1.58 bits per heavy atom. The van der Waals surface area contributed by atoms with Gasteiger partial charge in [-0.15, -0.1) is 6.58 Å². The molecule has 2 rings (SSSR count). The lowest BCUT2D eigenvalue weighted by Gasteiger charge is -2.26. The van der Waals surface area contributed by atoms with Gasteiger partial charge < -0.3 is 20.3 Å². The van der Waals surface area contributed by atoms with Gasteiger partial charge in [-0.1, -0.05) is 6.08 Å². The Morgan fingerprint density at radius 2 is 2.33 bits per heavy atom. The van der Waals surface area contributed by atoms with Crippen LogP contribution in [0.15, 0.2) is 12.7 Å². The number of hydrogen-bond donors (Lipinski definition) is 2. The van der Waals surface area contributed by atoms with Crippen molar-refractivity contribution in [2.45, 2.75) is 23.9 Å². The third kappa shape index (κ3) is 0.806. The maximum Gasteiger partial charge on any atom is 0.132 e. The second kappa shape index (κ2) is 2.53. The van der Waals surface area contributed by atoms with Crippen LogP contribution in [0.5, 0.6) is 0 Å². The minimum atomic E-state index is -0.653. The van der Waals surface area contributed by atoms with Crippen LogP contribution >= 0.6 is 0 Å². The molecule has 0 aromatic rings. The quantitative estimate of drug-likeness (QED) is 0.498. The molecule has 4 nitrogen and oxygen atoms in total. The van der Waals surface area contributed by atoms with Gasteiger partial charge in [0.25, 0.3) is 0 Å². The van der Waals surface area contributed by atoms with Crippen molar-refractivity contribution in [2.75, 3.05) is 13.2 Å². The van der Waals surface area contributed by atoms with Crippen molar-refractivity contribution in [3.8, 4) is 0 Å². The highest BCUT2D eigenvalue weighted by molar-refractivity contribution is 5.18. The van der Waals surface area contributed by atoms with Gasteiger partial charge in [-0.25, -0.2) is 0 Å². The average Bonchev–Trinajstić information content (AvgIpc) is 2.55. The summed E-state index contributed by atoms with van der Waals surface area (Å²) in [5, 5.41) is 9.46. The van der Waals surface area contributed by atoms with Gasteiger partial charge in [0.15, 0.2) is 0 Å². The van der Waals surface area contributed by atoms with Crippen LogP contribution < -0.4 is 5.73 Å². The first-order chi connectivity index (χ1) is 5.70. The van der Waals surface area contributed by atoms with E-state index in [1.54, 1.807) is 6.08 Å². The van der Waals surface area contributed by atoms with Gasteiger partial charge in [0, 0.05) is 0 Å². The Labute approximate surface area is 71.0 Å². The molecule has 2 aliphatic heterocycles. The van der Waals surface area contributed by atoms with E-state index in [4.69, 9.17) is 15.2 Å². The topological polar surface area (TPSA) is 64.7 Å². The van der Waals surface area contributed by atoms with E-state index >= 15 is 0 Å². The highest BCUT2D eigenvalue weighted by Gasteiger charge is 2.56. The van der Waals surface area contributed by atoms with Gasteiger partial charge >= 0.3 is 0 Å². The lowest BCUT2D eigenvalue weighted by molar-refractivity contribution is 0.000217. The third-order valence-corrected chi connectivity index (χ3v) is 2.65. The highest BCUT2D eigenvalue weighted by atomic mass is 16.6. The van der Waals surface area contributed by atoms with Crippen LogP contribution in [0, 0.1) is 0 Å². The Bertz CT molecular complexity index is 208. The molecule has 0 amide bonds. The van der Waals surface area contributed by atoms with Crippen molar-refractivity contribution in [1.29, 1.82) is 0 Å². The number of aliphatic hydroxyl groups is 1. The van der Waals surface area contributed by atoms with Crippen LogP contribution in [0.2, 0.25) is 0 Å². The second-order valence-corrected chi connectivity index (χ2v) is 3.30. The molecular weight excluding hydrogens is 158 g/mol. The fourth-order valence-corrected chi connectivity index (χ4v) is 1.92. The number of nitrogens with two attached hydrogens (primary N) is 1. The molecule has 4 heteroatoms. The van der Waals surface area contributed by atoms with Crippen LogP contribution in [0.3, 0.4) is 0 Å². The summed E-state index contributed by atoms with van der Waals surface area (Å²) in [7, 11) is 0. The number of hydrogen-bond acceptors (Lipinski definition) is 4. The first-order valence-electron chi connectivity index (χ1n) is 4.03. The summed E-state index contributed by atoms with van der Waals surface area (Å²) in [5.74, 6) is 0. The predicted octanol–water partition coefficient (Wildman–Crippen LogP) is -0.972. The summed E-state index contributed by atoms with van der Waals surface area (Å²) < 4.78 is 10.7. The summed E-state index contributed by atoms with van der Waals surface area (Å²) in [6.45, 7) is 4.37. The Kier molecular flexibility index (Phi) is 1.73. The van der Waals surface area contributed by atoms with Crippen molar-refractivity contribution in [2.24, 2.45) is 5.73 Å². The fraction of sp³-hybridized carbons (Fsp3) is 0.750. The Balaban J connectivity index is 2.30. The number of fused-ring (bicyclic) bond motifs is 1. The minimum absolute atomic E-state index is 0.211.